The molecule has 0 fully saturated rings. The van der Waals surface area contributed by atoms with Crippen molar-refractivity contribution in [2.24, 2.45) is 10.8 Å². The van der Waals surface area contributed by atoms with Gasteiger partial charge in [0, 0.05) is 0 Å². The first-order chi connectivity index (χ1) is 5.06. The minimum atomic E-state index is -0.308. The molecule has 0 aliphatic carbocycles. The Balaban J connectivity index is 2.89. The first-order valence-electron chi connectivity index (χ1n) is 3.19. The molecule has 0 saturated carbocycles. The normalized spacial score (nSPS) is 22.1. The number of amidine groups is 1. The van der Waals surface area contributed by atoms with Crippen LogP contribution in [0.5, 0.6) is 0 Å². The van der Waals surface area contributed by atoms with Crippen LogP contribution in [0.2, 0.25) is 0 Å². The quantitative estimate of drug-likeness (QED) is 0.215. The van der Waals surface area contributed by atoms with Crippen LogP contribution in [0.15, 0.2) is 4.99 Å². The van der Waals surface area contributed by atoms with Gasteiger partial charge in [-0.25, -0.2) is 16.3 Å². The topological polar surface area (TPSA) is 74.5 Å². The highest BCUT2D eigenvalue weighted by Crippen LogP contribution is 2.05. The van der Waals surface area contributed by atoms with Crippen molar-refractivity contribution in [3.8, 4) is 0 Å². The van der Waals surface area contributed by atoms with E-state index in [0.29, 0.717) is 10.9 Å². The molecule has 1 aliphatic rings. The summed E-state index contributed by atoms with van der Waals surface area (Å²) in [7, 11) is 0. The number of nitrogens with two attached hydrogens (primary N) is 1. The van der Waals surface area contributed by atoms with Gasteiger partial charge < -0.3 is 5.43 Å². The van der Waals surface area contributed by atoms with E-state index < -0.39 is 0 Å². The summed E-state index contributed by atoms with van der Waals surface area (Å²) in [6.07, 6.45) is 0. The number of hydrogen-bond acceptors (Lipinski definition) is 4. The lowest BCUT2D eigenvalue weighted by Crippen LogP contribution is -2.63. The molecular formula is C5H11N5S. The number of hydrogen-bond donors (Lipinski definition) is 4. The largest absolute Gasteiger partial charge is 0.310 e. The summed E-state index contributed by atoms with van der Waals surface area (Å²) in [6, 6.07) is 0. The minimum Gasteiger partial charge on any atom is -0.310 e. The summed E-state index contributed by atoms with van der Waals surface area (Å²) >= 11 is 4.79. The Morgan fingerprint density at radius 2 is 2.27 bits per heavy atom. The van der Waals surface area contributed by atoms with Crippen LogP contribution in [0, 0.1) is 0 Å². The van der Waals surface area contributed by atoms with E-state index in [4.69, 9.17) is 18.1 Å². The van der Waals surface area contributed by atoms with Gasteiger partial charge in [0.25, 0.3) is 0 Å². The maximum atomic E-state index is 5.23. The third-order valence-electron chi connectivity index (χ3n) is 1.42. The number of nitrogens with zero attached hydrogens (tertiary/aromatic N) is 1. The molecule has 0 unspecified atom stereocenters. The van der Waals surface area contributed by atoms with E-state index in [1.54, 1.807) is 0 Å². The molecule has 1 aliphatic heterocycles. The predicted molar refractivity (Wildman–Crippen MR) is 47.7 cm³/mol. The summed E-state index contributed by atoms with van der Waals surface area (Å²) in [5.41, 5.74) is 7.86. The standard InChI is InChI=1S/C5H11N5S/c1-5(2)3(8-6)7-4(11)9-10-5/h10H,6H2,1-2H3,(H2,7,8,9,11). The van der Waals surface area contributed by atoms with E-state index in [1.807, 2.05) is 13.8 Å². The molecule has 0 saturated heterocycles. The van der Waals surface area contributed by atoms with E-state index in [-0.39, 0.29) is 5.54 Å². The van der Waals surface area contributed by atoms with Crippen molar-refractivity contribution in [3.63, 3.8) is 0 Å². The Hall–Kier alpha value is -0.720. The molecule has 62 valence electrons. The zero-order valence-electron chi connectivity index (χ0n) is 6.43. The molecule has 0 aromatic heterocycles. The number of nitrogens with one attached hydrogen (secondary N) is 3. The minimum absolute atomic E-state index is 0.308. The summed E-state index contributed by atoms with van der Waals surface area (Å²) in [6.45, 7) is 3.86. The van der Waals surface area contributed by atoms with Gasteiger partial charge in [-0.15, -0.1) is 0 Å². The van der Waals surface area contributed by atoms with Gasteiger partial charge in [-0.3, -0.25) is 5.43 Å². The molecular weight excluding hydrogens is 162 g/mol. The van der Waals surface area contributed by atoms with Crippen molar-refractivity contribution in [3.05, 3.63) is 0 Å². The van der Waals surface area contributed by atoms with Crippen molar-refractivity contribution >= 4 is 23.2 Å². The highest BCUT2D eigenvalue weighted by molar-refractivity contribution is 7.80. The monoisotopic (exact) mass is 173 g/mol. The zero-order chi connectivity index (χ0) is 8.48. The van der Waals surface area contributed by atoms with Gasteiger partial charge in [-0.2, -0.15) is 0 Å². The second-order valence-corrected chi connectivity index (χ2v) is 3.17. The molecule has 0 amide bonds. The Kier molecular flexibility index (Phi) is 2.08. The fourth-order valence-electron chi connectivity index (χ4n) is 0.751. The molecule has 6 heteroatoms. The van der Waals surface area contributed by atoms with Gasteiger partial charge in [0.1, 0.15) is 5.84 Å². The number of thiocarbonyl (C=S) groups is 1. The van der Waals surface area contributed by atoms with Crippen molar-refractivity contribution in [2.75, 3.05) is 0 Å². The lowest BCUT2D eigenvalue weighted by atomic mass is 10.1. The zero-order valence-corrected chi connectivity index (χ0v) is 7.25. The fourth-order valence-corrected chi connectivity index (χ4v) is 0.893. The first-order valence-corrected chi connectivity index (χ1v) is 3.60. The van der Waals surface area contributed by atoms with Crippen molar-refractivity contribution in [2.45, 2.75) is 19.4 Å². The van der Waals surface area contributed by atoms with Crippen LogP contribution in [0.1, 0.15) is 13.8 Å². The fraction of sp³-hybridized carbons (Fsp3) is 0.600. The lowest BCUT2D eigenvalue weighted by molar-refractivity contribution is 0.457. The van der Waals surface area contributed by atoms with Gasteiger partial charge in [0.05, 0.1) is 5.54 Å². The molecule has 1 rings (SSSR count). The van der Waals surface area contributed by atoms with Gasteiger partial charge in [-0.05, 0) is 26.1 Å². The van der Waals surface area contributed by atoms with Crippen LogP contribution in [-0.4, -0.2) is 16.5 Å². The molecule has 0 bridgehead atoms. The molecule has 1 heterocycles. The van der Waals surface area contributed by atoms with E-state index in [2.05, 4.69) is 21.3 Å². The smallest absolute Gasteiger partial charge is 0.209 e. The van der Waals surface area contributed by atoms with Crippen molar-refractivity contribution in [1.29, 1.82) is 0 Å². The Morgan fingerprint density at radius 3 is 2.73 bits per heavy atom. The molecule has 0 spiro atoms. The van der Waals surface area contributed by atoms with Crippen LogP contribution < -0.4 is 22.1 Å². The van der Waals surface area contributed by atoms with Gasteiger partial charge in [0.2, 0.25) is 5.11 Å². The first kappa shape index (κ1) is 8.38. The summed E-state index contributed by atoms with van der Waals surface area (Å²) in [5, 5.41) is 0.386. The number of rotatable bonds is 0. The van der Waals surface area contributed by atoms with Crippen LogP contribution in [0.3, 0.4) is 0 Å². The lowest BCUT2D eigenvalue weighted by Gasteiger charge is -2.31. The Labute approximate surface area is 70.4 Å². The number of hydrazine groups is 2. The van der Waals surface area contributed by atoms with Gasteiger partial charge in [-0.1, -0.05) is 0 Å². The Morgan fingerprint density at radius 1 is 1.64 bits per heavy atom. The van der Waals surface area contributed by atoms with Gasteiger partial charge in [0.15, 0.2) is 0 Å². The second-order valence-electron chi connectivity index (χ2n) is 2.78. The van der Waals surface area contributed by atoms with Crippen LogP contribution in [-0.2, 0) is 0 Å². The van der Waals surface area contributed by atoms with Crippen LogP contribution in [0.4, 0.5) is 0 Å². The van der Waals surface area contributed by atoms with Crippen molar-refractivity contribution in [1.82, 2.24) is 16.3 Å². The SMILES string of the molecule is CC1(C)NNC(=S)N=C1NN. The third kappa shape index (κ3) is 1.65. The molecule has 11 heavy (non-hydrogen) atoms. The summed E-state index contributed by atoms with van der Waals surface area (Å²) < 4.78 is 0. The van der Waals surface area contributed by atoms with Gasteiger partial charge >= 0.3 is 0 Å². The average molecular weight is 173 g/mol. The highest BCUT2D eigenvalue weighted by atomic mass is 32.1. The van der Waals surface area contributed by atoms with E-state index in [1.165, 1.54) is 0 Å². The molecule has 0 aromatic rings. The average Bonchev–Trinajstić information content (AvgIpc) is 1.94. The maximum absolute atomic E-state index is 5.23. The van der Waals surface area contributed by atoms with Crippen LogP contribution >= 0.6 is 12.2 Å². The second kappa shape index (κ2) is 2.72. The van der Waals surface area contributed by atoms with Crippen molar-refractivity contribution < 1.29 is 0 Å². The molecule has 5 nitrogen and oxygen atoms in total. The van der Waals surface area contributed by atoms with Crippen LogP contribution in [0.25, 0.3) is 0 Å². The summed E-state index contributed by atoms with van der Waals surface area (Å²) in [4.78, 5) is 3.99. The molecule has 0 aromatic carbocycles. The summed E-state index contributed by atoms with van der Waals surface area (Å²) in [5.74, 6) is 5.86. The Bertz CT molecular complexity index is 209. The third-order valence-corrected chi connectivity index (χ3v) is 1.62. The van der Waals surface area contributed by atoms with E-state index in [9.17, 15) is 0 Å². The maximum Gasteiger partial charge on any atom is 0.209 e. The molecule has 0 atom stereocenters. The highest BCUT2D eigenvalue weighted by Gasteiger charge is 2.28. The molecule has 0 radical (unpaired) electrons. The van der Waals surface area contributed by atoms with E-state index in [0.717, 1.165) is 0 Å². The number of aliphatic imine (C=N–C) groups is 1. The molecule has 5 N–H and O–H groups in total. The predicted octanol–water partition coefficient (Wildman–Crippen LogP) is -0.980. The van der Waals surface area contributed by atoms with E-state index >= 15 is 0 Å².